The fourth-order valence-corrected chi connectivity index (χ4v) is 7.24. The smallest absolute Gasteiger partial charge is 0.00737 e. The topological polar surface area (TPSA) is 0 Å². The predicted octanol–water partition coefficient (Wildman–Crippen LogP) is 14.6. The van der Waals surface area contributed by atoms with Crippen LogP contribution in [0.15, 0.2) is 77.2 Å². The summed E-state index contributed by atoms with van der Waals surface area (Å²) >= 11 is 0. The summed E-state index contributed by atoms with van der Waals surface area (Å²) in [4.78, 5) is 0. The Morgan fingerprint density at radius 3 is 2.09 bits per heavy atom. The van der Waals surface area contributed by atoms with Gasteiger partial charge in [0, 0.05) is 0 Å². The normalized spacial score (nSPS) is 15.2. The quantitative estimate of drug-likeness (QED) is 0.217. The molecule has 0 fully saturated rings. The summed E-state index contributed by atoms with van der Waals surface area (Å²) < 4.78 is 0. The van der Waals surface area contributed by atoms with Crippen LogP contribution >= 0.6 is 9.24 Å². The van der Waals surface area contributed by atoms with E-state index in [1.165, 1.54) is 89.2 Å². The third kappa shape index (κ3) is 12.2. The van der Waals surface area contributed by atoms with E-state index in [1.54, 1.807) is 11.1 Å². The minimum atomic E-state index is 0.464. The van der Waals surface area contributed by atoms with Gasteiger partial charge in [0.2, 0.25) is 0 Å². The summed E-state index contributed by atoms with van der Waals surface area (Å²) in [6, 6.07) is 16.7. The van der Waals surface area contributed by atoms with Crippen LogP contribution in [0.1, 0.15) is 162 Å². The zero-order valence-electron chi connectivity index (χ0n) is 31.3. The Bertz CT molecular complexity index is 1250. The highest BCUT2D eigenvalue weighted by molar-refractivity contribution is 7.22. The minimum Gasteiger partial charge on any atom is -0.110 e. The van der Waals surface area contributed by atoms with Gasteiger partial charge in [-0.2, -0.15) is 0 Å². The Kier molecular flexibility index (Phi) is 19.6. The maximum Gasteiger partial charge on any atom is -0.00737 e. The first-order valence-corrected chi connectivity index (χ1v) is 19.1. The molecule has 0 amide bonds. The number of rotatable bonds is 11. The zero-order chi connectivity index (χ0) is 34.0. The molecule has 0 nitrogen and oxygen atoms in total. The molecular weight excluding hydrogens is 559 g/mol. The van der Waals surface area contributed by atoms with Gasteiger partial charge in [-0.1, -0.05) is 149 Å². The molecule has 2 aliphatic carbocycles. The number of hydrogen-bond acceptors (Lipinski definition) is 0. The first-order valence-electron chi connectivity index (χ1n) is 18.5. The predicted molar refractivity (Wildman–Crippen MR) is 211 cm³/mol. The summed E-state index contributed by atoms with van der Waals surface area (Å²) in [6.07, 6.45) is 17.9. The molecule has 0 heterocycles. The van der Waals surface area contributed by atoms with Crippen molar-refractivity contribution in [3.05, 3.63) is 105 Å². The molecule has 4 rings (SSSR count). The van der Waals surface area contributed by atoms with Gasteiger partial charge in [-0.3, -0.25) is 0 Å². The monoisotopic (exact) mass is 629 g/mol. The second-order valence-corrected chi connectivity index (χ2v) is 13.6. The first kappa shape index (κ1) is 40.9. The second kappa shape index (κ2) is 21.6. The van der Waals surface area contributed by atoms with Gasteiger partial charge in [0.1, 0.15) is 0 Å². The van der Waals surface area contributed by atoms with Crippen molar-refractivity contribution in [2.75, 3.05) is 0 Å². The van der Waals surface area contributed by atoms with E-state index in [4.69, 9.17) is 0 Å². The summed E-state index contributed by atoms with van der Waals surface area (Å²) in [7, 11) is 2.94. The first-order chi connectivity index (χ1) is 21.7. The molecule has 0 aromatic heterocycles. The molecular formula is C44H69P. The molecule has 0 radical (unpaired) electrons. The highest BCUT2D eigenvalue weighted by Crippen LogP contribution is 2.43. The molecule has 2 unspecified atom stereocenters. The fraction of sp³-hybridized carbons (Fsp3) is 0.545. The molecule has 0 saturated heterocycles. The molecule has 0 spiro atoms. The number of hydrogen-bond donors (Lipinski definition) is 0. The van der Waals surface area contributed by atoms with E-state index in [0.717, 1.165) is 31.6 Å². The van der Waals surface area contributed by atoms with Crippen LogP contribution < -0.4 is 0 Å². The lowest BCUT2D eigenvalue weighted by molar-refractivity contribution is 0.266. The SMILES string of the molecule is C=Cc1ccc2c(c1)CCCC(C1=C(C)C=C(P)CC1)=C2c1ccc(CC(CC)CCC(C)(C)CCC)cc1.CC.CC.CC. The highest BCUT2D eigenvalue weighted by atomic mass is 31.0. The Hall–Kier alpha value is -2.17. The van der Waals surface area contributed by atoms with Crippen molar-refractivity contribution in [2.24, 2.45) is 11.3 Å². The average molecular weight is 629 g/mol. The van der Waals surface area contributed by atoms with Gasteiger partial charge < -0.3 is 0 Å². The van der Waals surface area contributed by atoms with Crippen LogP contribution in [0.2, 0.25) is 0 Å². The minimum absolute atomic E-state index is 0.464. The lowest BCUT2D eigenvalue weighted by Crippen LogP contribution is -2.14. The molecule has 2 aromatic rings. The Morgan fingerprint density at radius 2 is 1.51 bits per heavy atom. The number of fused-ring (bicyclic) bond motifs is 1. The standard InChI is InChI=1S/C38H51P.3C2H6/c1-7-22-38(5,6)23-21-29(9-3)25-30-13-16-31(17-14-30)37-35-19-15-28(8-2)26-32(35)11-10-12-36(37)34-20-18-33(39)24-27(34)4;3*1-2/h8,13-17,19,24,26,29H,2,7,9-12,18,20-23,25,39H2,1,3-6H3;3*1-2H3. The molecule has 0 bridgehead atoms. The van der Waals surface area contributed by atoms with E-state index in [9.17, 15) is 0 Å². The van der Waals surface area contributed by atoms with Crippen molar-refractivity contribution < 1.29 is 0 Å². The van der Waals surface area contributed by atoms with E-state index in [2.05, 4.69) is 99.0 Å². The molecule has 0 saturated carbocycles. The fourth-order valence-electron chi connectivity index (χ4n) is 6.85. The van der Waals surface area contributed by atoms with Gasteiger partial charge in [-0.05, 0) is 126 Å². The van der Waals surface area contributed by atoms with Crippen LogP contribution in [-0.4, -0.2) is 0 Å². The Labute approximate surface area is 283 Å². The van der Waals surface area contributed by atoms with E-state index < -0.39 is 0 Å². The van der Waals surface area contributed by atoms with Gasteiger partial charge in [0.25, 0.3) is 0 Å². The van der Waals surface area contributed by atoms with Crippen molar-refractivity contribution in [2.45, 2.75) is 147 Å². The van der Waals surface area contributed by atoms with Gasteiger partial charge in [0.05, 0.1) is 0 Å². The van der Waals surface area contributed by atoms with Crippen molar-refractivity contribution in [3.63, 3.8) is 0 Å². The van der Waals surface area contributed by atoms with Crippen molar-refractivity contribution >= 4 is 20.9 Å². The summed E-state index contributed by atoms with van der Waals surface area (Å²) in [6.45, 7) is 27.9. The molecule has 0 aliphatic heterocycles. The molecule has 2 atom stereocenters. The molecule has 0 N–H and O–H groups in total. The van der Waals surface area contributed by atoms with Crippen molar-refractivity contribution in [1.29, 1.82) is 0 Å². The van der Waals surface area contributed by atoms with Crippen LogP contribution in [0.5, 0.6) is 0 Å². The van der Waals surface area contributed by atoms with Crippen LogP contribution in [0, 0.1) is 11.3 Å². The summed E-state index contributed by atoms with van der Waals surface area (Å²) in [5.74, 6) is 0.764. The molecule has 2 aromatic carbocycles. The van der Waals surface area contributed by atoms with E-state index in [-0.39, 0.29) is 0 Å². The van der Waals surface area contributed by atoms with Gasteiger partial charge in [-0.15, -0.1) is 9.24 Å². The summed E-state index contributed by atoms with van der Waals surface area (Å²) in [5, 5.41) is 1.43. The largest absolute Gasteiger partial charge is 0.110 e. The highest BCUT2D eigenvalue weighted by Gasteiger charge is 2.24. The van der Waals surface area contributed by atoms with Crippen LogP contribution in [0.4, 0.5) is 0 Å². The number of allylic oxidation sites excluding steroid dienone is 5. The van der Waals surface area contributed by atoms with Crippen LogP contribution in [-0.2, 0) is 12.8 Å². The van der Waals surface area contributed by atoms with E-state index in [0.29, 0.717) is 5.41 Å². The molecule has 45 heavy (non-hydrogen) atoms. The van der Waals surface area contributed by atoms with Crippen LogP contribution in [0.25, 0.3) is 11.6 Å². The maximum absolute atomic E-state index is 4.03. The Balaban J connectivity index is 0.00000159. The van der Waals surface area contributed by atoms with Crippen molar-refractivity contribution in [3.8, 4) is 0 Å². The van der Waals surface area contributed by atoms with Crippen molar-refractivity contribution in [1.82, 2.24) is 0 Å². The Morgan fingerprint density at radius 1 is 0.844 bits per heavy atom. The lowest BCUT2D eigenvalue weighted by Gasteiger charge is -2.26. The second-order valence-electron chi connectivity index (χ2n) is 12.8. The van der Waals surface area contributed by atoms with Crippen LogP contribution in [0.3, 0.4) is 0 Å². The van der Waals surface area contributed by atoms with E-state index >= 15 is 0 Å². The summed E-state index contributed by atoms with van der Waals surface area (Å²) in [5.41, 5.74) is 13.5. The average Bonchev–Trinajstić information content (AvgIpc) is 3.25. The molecule has 250 valence electrons. The van der Waals surface area contributed by atoms with Gasteiger partial charge in [0.15, 0.2) is 0 Å². The maximum atomic E-state index is 4.03. The zero-order valence-corrected chi connectivity index (χ0v) is 32.5. The van der Waals surface area contributed by atoms with Gasteiger partial charge >= 0.3 is 0 Å². The number of benzene rings is 2. The lowest BCUT2D eigenvalue weighted by atomic mass is 9.79. The number of aryl methyl sites for hydroxylation is 1. The third-order valence-electron chi connectivity index (χ3n) is 9.22. The molecule has 1 heteroatoms. The third-order valence-corrected chi connectivity index (χ3v) is 9.67. The van der Waals surface area contributed by atoms with Gasteiger partial charge in [-0.25, -0.2) is 0 Å². The molecule has 2 aliphatic rings. The van der Waals surface area contributed by atoms with E-state index in [1.807, 2.05) is 47.6 Å².